The number of anilines is 1. The zero-order chi connectivity index (χ0) is 39.4. The zero-order valence-electron chi connectivity index (χ0n) is 29.7. The highest BCUT2D eigenvalue weighted by molar-refractivity contribution is 5.91. The number of rotatable bonds is 9. The van der Waals surface area contributed by atoms with Crippen molar-refractivity contribution in [2.45, 2.75) is 88.1 Å². The van der Waals surface area contributed by atoms with E-state index in [1.54, 1.807) is 6.20 Å². The normalized spacial score (nSPS) is 17.7. The van der Waals surface area contributed by atoms with Crippen molar-refractivity contribution in [2.24, 2.45) is 0 Å². The molecule has 292 valence electrons. The van der Waals surface area contributed by atoms with E-state index in [0.29, 0.717) is 23.5 Å². The summed E-state index contributed by atoms with van der Waals surface area (Å²) >= 11 is 0. The number of fused-ring (bicyclic) bond motifs is 2. The Hall–Kier alpha value is -4.32. The lowest BCUT2D eigenvalue weighted by molar-refractivity contribution is -0.193. The summed E-state index contributed by atoms with van der Waals surface area (Å²) in [5, 5.41) is 18.4. The number of nitrogens with one attached hydrogen (secondary N) is 1. The molecule has 0 bridgehead atoms. The molecule has 11 nitrogen and oxygen atoms in total. The van der Waals surface area contributed by atoms with E-state index < -0.39 is 30.1 Å². The van der Waals surface area contributed by atoms with Crippen LogP contribution in [-0.2, 0) is 9.59 Å². The number of nitrogens with zero attached hydrogens (tertiary/aromatic N) is 5. The lowest BCUT2D eigenvalue weighted by atomic mass is 9.75. The van der Waals surface area contributed by atoms with Gasteiger partial charge in [0, 0.05) is 23.8 Å². The monoisotopic (exact) mass is 760 g/mol. The van der Waals surface area contributed by atoms with E-state index in [1.807, 2.05) is 24.3 Å². The van der Waals surface area contributed by atoms with Crippen molar-refractivity contribution < 1.29 is 55.3 Å². The van der Waals surface area contributed by atoms with Gasteiger partial charge in [-0.25, -0.2) is 14.0 Å². The number of carbonyl (C=O) groups is 2. The molecule has 1 saturated carbocycles. The Kier molecular flexibility index (Phi) is 12.8. The van der Waals surface area contributed by atoms with E-state index >= 15 is 4.39 Å². The van der Waals surface area contributed by atoms with Gasteiger partial charge in [0.1, 0.15) is 23.6 Å². The molecule has 0 atom stereocenters. The Morgan fingerprint density at radius 2 is 1.51 bits per heavy atom. The molecule has 3 aromatic rings. The minimum Gasteiger partial charge on any atom is -0.475 e. The van der Waals surface area contributed by atoms with Gasteiger partial charge in [-0.2, -0.15) is 36.3 Å². The molecule has 2 aliphatic heterocycles. The third-order valence-electron chi connectivity index (χ3n) is 10.1. The molecule has 6 rings (SSSR count). The largest absolute Gasteiger partial charge is 0.490 e. The number of hydrogen-bond donors (Lipinski definition) is 3. The molecule has 3 N–H and O–H groups in total. The summed E-state index contributed by atoms with van der Waals surface area (Å²) in [6.07, 6.45) is -0.334. The number of carboxylic acids is 2. The van der Waals surface area contributed by atoms with Crippen molar-refractivity contribution >= 4 is 28.7 Å². The van der Waals surface area contributed by atoms with Gasteiger partial charge in [0.15, 0.2) is 5.82 Å². The predicted octanol–water partition coefficient (Wildman–Crippen LogP) is 7.12. The second-order valence-corrected chi connectivity index (χ2v) is 13.9. The van der Waals surface area contributed by atoms with Crippen LogP contribution < -0.4 is 10.1 Å². The smallest absolute Gasteiger partial charge is 0.475 e. The van der Waals surface area contributed by atoms with E-state index in [0.717, 1.165) is 56.4 Å². The molecule has 4 heterocycles. The van der Waals surface area contributed by atoms with Crippen LogP contribution >= 0.6 is 0 Å². The molecule has 3 aliphatic rings. The summed E-state index contributed by atoms with van der Waals surface area (Å²) in [6, 6.07) is 8.14. The quantitative estimate of drug-likeness (QED) is 0.192. The molecular formula is C35H43F7N6O5. The van der Waals surface area contributed by atoms with Crippen LogP contribution in [0.3, 0.4) is 0 Å². The molecular weight excluding hydrogens is 717 g/mol. The maximum absolute atomic E-state index is 16.3. The molecule has 1 aliphatic carbocycles. The fraction of sp³-hybridized carbons (Fsp3) is 0.571. The van der Waals surface area contributed by atoms with Crippen molar-refractivity contribution in [3.63, 3.8) is 0 Å². The van der Waals surface area contributed by atoms with Crippen LogP contribution in [0, 0.1) is 5.82 Å². The third kappa shape index (κ3) is 9.62. The number of hydrogen-bond acceptors (Lipinski definition) is 9. The lowest BCUT2D eigenvalue weighted by Crippen LogP contribution is -2.54. The first-order valence-electron chi connectivity index (χ1n) is 17.1. The molecule has 2 saturated heterocycles. The third-order valence-corrected chi connectivity index (χ3v) is 10.1. The Labute approximate surface area is 301 Å². The second-order valence-electron chi connectivity index (χ2n) is 13.9. The predicted molar refractivity (Wildman–Crippen MR) is 181 cm³/mol. The van der Waals surface area contributed by atoms with Crippen molar-refractivity contribution in [1.29, 1.82) is 0 Å². The van der Waals surface area contributed by atoms with E-state index in [4.69, 9.17) is 29.5 Å². The Bertz CT molecular complexity index is 1730. The van der Waals surface area contributed by atoms with Gasteiger partial charge in [0.2, 0.25) is 0 Å². The van der Waals surface area contributed by atoms with Gasteiger partial charge in [-0.3, -0.25) is 9.88 Å². The molecule has 0 spiro atoms. The van der Waals surface area contributed by atoms with E-state index in [-0.39, 0.29) is 28.5 Å². The van der Waals surface area contributed by atoms with Crippen molar-refractivity contribution in [1.82, 2.24) is 24.8 Å². The first kappa shape index (κ1) is 41.4. The summed E-state index contributed by atoms with van der Waals surface area (Å²) in [4.78, 5) is 36.7. The van der Waals surface area contributed by atoms with Gasteiger partial charge in [-0.1, -0.05) is 38.1 Å². The van der Waals surface area contributed by atoms with Crippen LogP contribution in [0.5, 0.6) is 6.01 Å². The SMILES string of the molecule is CC(C)c1ccccc1-c1ncc2c(NCC3(N(C)C)CCC3)nc(OCC34CCCN3CCC4)nc2c1F.O=C(O)C(F)(F)F.O=C(O)C(F)(F)F. The van der Waals surface area contributed by atoms with E-state index in [9.17, 15) is 26.3 Å². The van der Waals surface area contributed by atoms with Gasteiger partial charge in [0.05, 0.1) is 10.9 Å². The highest BCUT2D eigenvalue weighted by Gasteiger charge is 2.45. The maximum atomic E-state index is 16.3. The molecule has 0 unspecified atom stereocenters. The van der Waals surface area contributed by atoms with Crippen molar-refractivity contribution in [2.75, 3.05) is 45.7 Å². The minimum absolute atomic E-state index is 0.0605. The van der Waals surface area contributed by atoms with Gasteiger partial charge in [-0.05, 0) is 83.6 Å². The lowest BCUT2D eigenvalue weighted by Gasteiger charge is -2.47. The minimum atomic E-state index is -5.08. The maximum Gasteiger partial charge on any atom is 0.490 e. The highest BCUT2D eigenvalue weighted by atomic mass is 19.4. The molecule has 0 radical (unpaired) electrons. The van der Waals surface area contributed by atoms with E-state index in [1.165, 1.54) is 19.3 Å². The first-order valence-corrected chi connectivity index (χ1v) is 17.1. The molecule has 0 amide bonds. The topological polar surface area (TPSA) is 141 Å². The Morgan fingerprint density at radius 3 is 2.00 bits per heavy atom. The summed E-state index contributed by atoms with van der Waals surface area (Å²) < 4.78 is 86.1. The van der Waals surface area contributed by atoms with Crippen LogP contribution in [-0.4, -0.2) is 111 Å². The molecule has 3 fully saturated rings. The van der Waals surface area contributed by atoms with Gasteiger partial charge >= 0.3 is 30.3 Å². The van der Waals surface area contributed by atoms with Crippen LogP contribution in [0.4, 0.5) is 36.6 Å². The summed E-state index contributed by atoms with van der Waals surface area (Å²) in [5.74, 6) is -5.11. The van der Waals surface area contributed by atoms with E-state index in [2.05, 4.69) is 53.0 Å². The summed E-state index contributed by atoms with van der Waals surface area (Å²) in [7, 11) is 4.25. The van der Waals surface area contributed by atoms with Crippen LogP contribution in [0.1, 0.15) is 70.3 Å². The highest BCUT2D eigenvalue weighted by Crippen LogP contribution is 2.40. The zero-order valence-corrected chi connectivity index (χ0v) is 29.7. The molecule has 53 heavy (non-hydrogen) atoms. The number of alkyl halides is 6. The summed E-state index contributed by atoms with van der Waals surface area (Å²) in [6.45, 7) is 7.74. The van der Waals surface area contributed by atoms with Crippen LogP contribution in [0.2, 0.25) is 0 Å². The molecule has 2 aromatic heterocycles. The van der Waals surface area contributed by atoms with Gasteiger partial charge in [0.25, 0.3) is 0 Å². The fourth-order valence-corrected chi connectivity index (χ4v) is 6.91. The van der Waals surface area contributed by atoms with Gasteiger partial charge in [-0.15, -0.1) is 0 Å². The number of benzene rings is 1. The average molecular weight is 761 g/mol. The number of carboxylic acid groups (broad SMARTS) is 2. The second kappa shape index (κ2) is 16.4. The number of pyridine rings is 1. The Morgan fingerprint density at radius 1 is 0.943 bits per heavy atom. The average Bonchev–Trinajstić information content (AvgIpc) is 3.64. The molecule has 1 aromatic carbocycles. The van der Waals surface area contributed by atoms with Crippen LogP contribution in [0.15, 0.2) is 30.5 Å². The number of halogens is 7. The fourth-order valence-electron chi connectivity index (χ4n) is 6.91. The number of ether oxygens (including phenoxy) is 1. The number of aliphatic carboxylic acids is 2. The standard InChI is InChI=1S/C31H41FN6O.2C2HF3O2/c1-21(2)22-10-5-6-11-23(22)26-25(32)27-24(18-33-26)28(34-19-30(37(3)4)12-7-13-30)36-29(35-27)39-20-31-14-8-16-38(31)17-9-15-31;2*3-2(4,5)1(6)7/h5-6,10-11,18,21H,7-9,12-17,19-20H2,1-4H3,(H,34,35,36);2*(H,6,7). The van der Waals surface area contributed by atoms with Crippen molar-refractivity contribution in [3.8, 4) is 17.3 Å². The van der Waals surface area contributed by atoms with Crippen LogP contribution in [0.25, 0.3) is 22.2 Å². The number of likely N-dealkylation sites (N-methyl/N-ethyl adjacent to an activating group) is 1. The summed E-state index contributed by atoms with van der Waals surface area (Å²) in [5.41, 5.74) is 2.58. The first-order chi connectivity index (χ1) is 24.7. The van der Waals surface area contributed by atoms with Gasteiger partial charge < -0.3 is 25.2 Å². The number of aromatic nitrogens is 3. The molecule has 18 heteroatoms. The van der Waals surface area contributed by atoms with Crippen molar-refractivity contribution in [3.05, 3.63) is 41.8 Å². The Balaban J connectivity index is 0.000000381.